The topological polar surface area (TPSA) is 86.1 Å². The predicted molar refractivity (Wildman–Crippen MR) is 120 cm³/mol. The van der Waals surface area contributed by atoms with Gasteiger partial charge in [0.1, 0.15) is 17.1 Å². The number of hydrogen-bond acceptors (Lipinski definition) is 5. The van der Waals surface area contributed by atoms with Gasteiger partial charge in [-0.15, -0.1) is 0 Å². The van der Waals surface area contributed by atoms with Crippen molar-refractivity contribution >= 4 is 11.8 Å². The first-order valence-corrected chi connectivity index (χ1v) is 10.6. The molecule has 0 amide bonds. The minimum atomic E-state index is -1.02. The first-order valence-electron chi connectivity index (χ1n) is 10.6. The molecule has 1 aliphatic heterocycles. The normalized spacial score (nSPS) is 16.7. The van der Waals surface area contributed by atoms with Gasteiger partial charge in [-0.25, -0.2) is 4.39 Å². The average molecular weight is 439 g/mol. The van der Waals surface area contributed by atoms with Crippen LogP contribution in [0, 0.1) is 5.82 Å². The fourth-order valence-electron chi connectivity index (χ4n) is 3.78. The summed E-state index contributed by atoms with van der Waals surface area (Å²) in [4.78, 5) is 6.27. The Morgan fingerprint density at radius 1 is 1.19 bits per heavy atom. The summed E-state index contributed by atoms with van der Waals surface area (Å²) in [5.74, 6) is 0.265. The van der Waals surface area contributed by atoms with Crippen molar-refractivity contribution in [3.63, 3.8) is 0 Å². The Bertz CT molecular complexity index is 1080. The number of ether oxygens (including phenoxy) is 2. The largest absolute Gasteiger partial charge is 0.378 e. The van der Waals surface area contributed by atoms with Crippen LogP contribution in [0.2, 0.25) is 0 Å². The van der Waals surface area contributed by atoms with Crippen molar-refractivity contribution in [2.45, 2.75) is 19.4 Å². The summed E-state index contributed by atoms with van der Waals surface area (Å²) >= 11 is 0. The highest BCUT2D eigenvalue weighted by Gasteiger charge is 2.34. The zero-order chi connectivity index (χ0) is 22.6. The number of benzene rings is 2. The van der Waals surface area contributed by atoms with Crippen LogP contribution in [0.25, 0.3) is 11.1 Å². The number of morpholine rings is 1. The Hall–Kier alpha value is -3.23. The molecule has 2 aromatic carbocycles. The van der Waals surface area contributed by atoms with Crippen molar-refractivity contribution in [2.24, 2.45) is 10.7 Å². The molecule has 1 aromatic heterocycles. The van der Waals surface area contributed by atoms with Crippen molar-refractivity contribution in [1.29, 1.82) is 0 Å². The lowest BCUT2D eigenvalue weighted by atomic mass is 9.90. The van der Waals surface area contributed by atoms with Crippen molar-refractivity contribution in [3.8, 4) is 11.1 Å². The van der Waals surface area contributed by atoms with Crippen molar-refractivity contribution in [2.75, 3.05) is 32.9 Å². The first-order chi connectivity index (χ1) is 15.5. The lowest BCUT2D eigenvalue weighted by molar-refractivity contribution is -0.00142. The Kier molecular flexibility index (Phi) is 6.53. The van der Waals surface area contributed by atoms with Crippen LogP contribution in [0.15, 0.2) is 64.1 Å². The number of aliphatic imine (C=N–C) groups is 1. The maximum absolute atomic E-state index is 15.1. The Labute approximate surface area is 186 Å². The third-order valence-corrected chi connectivity index (χ3v) is 5.58. The molecule has 1 fully saturated rings. The van der Waals surface area contributed by atoms with E-state index in [0.717, 1.165) is 5.56 Å². The van der Waals surface area contributed by atoms with Gasteiger partial charge in [-0.2, -0.15) is 4.99 Å². The SMILES string of the molecule is CCOC(C)(c1ccc(-c2ccccc2)c(F)c1)c1cc(/N=C(/N)N2CCOCC2)on1. The van der Waals surface area contributed by atoms with Gasteiger partial charge in [0, 0.05) is 31.3 Å². The lowest BCUT2D eigenvalue weighted by Gasteiger charge is -2.28. The van der Waals surface area contributed by atoms with E-state index in [1.165, 1.54) is 6.07 Å². The van der Waals surface area contributed by atoms with Crippen LogP contribution >= 0.6 is 0 Å². The molecule has 3 aromatic rings. The highest BCUT2D eigenvalue weighted by molar-refractivity contribution is 5.80. The molecule has 0 bridgehead atoms. The number of hydrogen-bond donors (Lipinski definition) is 1. The molecule has 1 atom stereocenters. The van der Waals surface area contributed by atoms with Crippen LogP contribution in [0.3, 0.4) is 0 Å². The first kappa shape index (κ1) is 22.0. The van der Waals surface area contributed by atoms with Gasteiger partial charge in [-0.1, -0.05) is 47.6 Å². The monoisotopic (exact) mass is 438 g/mol. The van der Waals surface area contributed by atoms with Crippen molar-refractivity contribution < 1.29 is 18.4 Å². The molecule has 0 radical (unpaired) electrons. The third-order valence-electron chi connectivity index (χ3n) is 5.58. The molecule has 2 heterocycles. The van der Waals surface area contributed by atoms with Crippen LogP contribution in [-0.4, -0.2) is 48.9 Å². The van der Waals surface area contributed by atoms with E-state index in [-0.39, 0.29) is 11.7 Å². The molecule has 2 N–H and O–H groups in total. The van der Waals surface area contributed by atoms with Gasteiger partial charge >= 0.3 is 0 Å². The van der Waals surface area contributed by atoms with Crippen molar-refractivity contribution in [3.05, 3.63) is 71.7 Å². The number of nitrogens with two attached hydrogens (primary N) is 1. The number of halogens is 1. The van der Waals surface area contributed by atoms with E-state index in [4.69, 9.17) is 19.7 Å². The summed E-state index contributed by atoms with van der Waals surface area (Å²) in [6, 6.07) is 16.2. The Balaban J connectivity index is 1.63. The van der Waals surface area contributed by atoms with Gasteiger partial charge in [0.05, 0.1) is 13.2 Å². The Morgan fingerprint density at radius 2 is 1.94 bits per heavy atom. The van der Waals surface area contributed by atoms with E-state index in [9.17, 15) is 0 Å². The van der Waals surface area contributed by atoms with E-state index >= 15 is 4.39 Å². The molecule has 32 heavy (non-hydrogen) atoms. The molecule has 8 heteroatoms. The lowest BCUT2D eigenvalue weighted by Crippen LogP contribution is -2.44. The second-order valence-corrected chi connectivity index (χ2v) is 7.65. The van der Waals surface area contributed by atoms with Gasteiger partial charge in [0.15, 0.2) is 5.96 Å². The summed E-state index contributed by atoms with van der Waals surface area (Å²) in [5.41, 5.74) is 7.54. The van der Waals surface area contributed by atoms with Crippen LogP contribution in [0.5, 0.6) is 0 Å². The van der Waals surface area contributed by atoms with Gasteiger partial charge in [-0.3, -0.25) is 0 Å². The molecule has 0 spiro atoms. The van der Waals surface area contributed by atoms with E-state index in [1.807, 2.05) is 55.1 Å². The summed E-state index contributed by atoms with van der Waals surface area (Å²) in [6.07, 6.45) is 0. The summed E-state index contributed by atoms with van der Waals surface area (Å²) in [7, 11) is 0. The average Bonchev–Trinajstić information content (AvgIpc) is 3.29. The molecule has 7 nitrogen and oxygen atoms in total. The summed E-state index contributed by atoms with van der Waals surface area (Å²) in [5, 5.41) is 4.16. The second-order valence-electron chi connectivity index (χ2n) is 7.65. The molecule has 168 valence electrons. The molecular formula is C24H27FN4O3. The summed E-state index contributed by atoms with van der Waals surface area (Å²) in [6.45, 7) is 6.66. The van der Waals surface area contributed by atoms with E-state index in [2.05, 4.69) is 10.1 Å². The van der Waals surface area contributed by atoms with E-state index < -0.39 is 5.60 Å². The Morgan fingerprint density at radius 3 is 2.62 bits per heavy atom. The fraction of sp³-hybridized carbons (Fsp3) is 0.333. The smallest absolute Gasteiger partial charge is 0.253 e. The van der Waals surface area contributed by atoms with E-state index in [1.54, 1.807) is 12.1 Å². The second kappa shape index (κ2) is 9.50. The zero-order valence-electron chi connectivity index (χ0n) is 18.3. The highest BCUT2D eigenvalue weighted by Crippen LogP contribution is 2.36. The predicted octanol–water partition coefficient (Wildman–Crippen LogP) is 4.06. The van der Waals surface area contributed by atoms with Gasteiger partial charge < -0.3 is 24.6 Å². The van der Waals surface area contributed by atoms with Crippen LogP contribution in [-0.2, 0) is 15.1 Å². The molecule has 4 rings (SSSR count). The summed E-state index contributed by atoms with van der Waals surface area (Å²) < 4.78 is 31.8. The maximum atomic E-state index is 15.1. The van der Waals surface area contributed by atoms with Crippen molar-refractivity contribution in [1.82, 2.24) is 10.1 Å². The number of rotatable bonds is 6. The zero-order valence-corrected chi connectivity index (χ0v) is 18.3. The fourth-order valence-corrected chi connectivity index (χ4v) is 3.78. The molecule has 1 saturated heterocycles. The quantitative estimate of drug-likeness (QED) is 0.461. The molecule has 0 aliphatic carbocycles. The molecular weight excluding hydrogens is 411 g/mol. The third kappa shape index (κ3) is 4.51. The minimum absolute atomic E-state index is 0.260. The van der Waals surface area contributed by atoms with E-state index in [0.29, 0.717) is 55.7 Å². The van der Waals surface area contributed by atoms with Crippen LogP contribution in [0.1, 0.15) is 25.1 Å². The van der Waals surface area contributed by atoms with Crippen LogP contribution < -0.4 is 5.73 Å². The van der Waals surface area contributed by atoms with Gasteiger partial charge in [0.2, 0.25) is 0 Å². The molecule has 0 saturated carbocycles. The standard InChI is InChI=1S/C24H27FN4O3/c1-3-31-24(2,18-9-10-19(20(25)15-18)17-7-5-4-6-8-17)21-16-22(32-28-21)27-23(26)29-11-13-30-14-12-29/h4-10,15-16H,3,11-14H2,1-2H3,(H2,26,27). The number of guanidine groups is 1. The maximum Gasteiger partial charge on any atom is 0.253 e. The van der Waals surface area contributed by atoms with Crippen LogP contribution in [0.4, 0.5) is 10.3 Å². The van der Waals surface area contributed by atoms with Gasteiger partial charge in [-0.05, 0) is 31.0 Å². The molecule has 1 unspecified atom stereocenters. The van der Waals surface area contributed by atoms with Gasteiger partial charge in [0.25, 0.3) is 5.88 Å². The number of nitrogens with zero attached hydrogens (tertiary/aromatic N) is 3. The number of aromatic nitrogens is 1. The minimum Gasteiger partial charge on any atom is -0.378 e. The highest BCUT2D eigenvalue weighted by atomic mass is 19.1. The molecule has 1 aliphatic rings.